The van der Waals surface area contributed by atoms with E-state index >= 15 is 0 Å². The molecule has 0 aliphatic carbocycles. The molecule has 2 rings (SSSR count). The van der Waals surface area contributed by atoms with E-state index in [9.17, 15) is 13.2 Å². The van der Waals surface area contributed by atoms with Crippen LogP contribution in [-0.2, 0) is 14.8 Å². The van der Waals surface area contributed by atoms with Crippen molar-refractivity contribution < 1.29 is 22.7 Å². The van der Waals surface area contributed by atoms with E-state index in [-0.39, 0.29) is 0 Å². The highest BCUT2D eigenvalue weighted by Gasteiger charge is 2.13. The van der Waals surface area contributed by atoms with Gasteiger partial charge in [-0.25, -0.2) is 13.4 Å². The fourth-order valence-corrected chi connectivity index (χ4v) is 2.55. The van der Waals surface area contributed by atoms with Gasteiger partial charge in [0, 0.05) is 11.3 Å². The first kappa shape index (κ1) is 14.1. The van der Waals surface area contributed by atoms with Gasteiger partial charge in [-0.15, -0.1) is 0 Å². The molecule has 0 aliphatic rings. The van der Waals surface area contributed by atoms with Gasteiger partial charge in [0.25, 0.3) is 0 Å². The summed E-state index contributed by atoms with van der Waals surface area (Å²) in [5, 5.41) is 8.48. The Morgan fingerprint density at radius 2 is 2.00 bits per heavy atom. The lowest BCUT2D eigenvalue weighted by Crippen LogP contribution is -2.18. The first-order valence-corrected chi connectivity index (χ1v) is 7.33. The Labute approximate surface area is 115 Å². The molecule has 1 aromatic heterocycles. The van der Waals surface area contributed by atoms with E-state index in [1.54, 1.807) is 30.5 Å². The largest absolute Gasteiger partial charge is 0.481 e. The molecule has 0 aliphatic heterocycles. The highest BCUT2D eigenvalue weighted by molar-refractivity contribution is 7.92. The van der Waals surface area contributed by atoms with Gasteiger partial charge in [-0.05, 0) is 24.3 Å². The summed E-state index contributed by atoms with van der Waals surface area (Å²) in [6.45, 7) is 0. The number of sulfonamides is 1. The molecule has 106 valence electrons. The van der Waals surface area contributed by atoms with Gasteiger partial charge in [-0.3, -0.25) is 9.52 Å². The van der Waals surface area contributed by atoms with Crippen LogP contribution in [-0.4, -0.2) is 30.2 Å². The number of benzene rings is 1. The number of nitrogens with one attached hydrogen (secondary N) is 1. The Kier molecular flexibility index (Phi) is 4.04. The summed E-state index contributed by atoms with van der Waals surface area (Å²) < 4.78 is 30.6. The van der Waals surface area contributed by atoms with E-state index in [1.807, 2.05) is 0 Å². The molecule has 1 heterocycles. The van der Waals surface area contributed by atoms with Crippen LogP contribution in [0.25, 0.3) is 11.3 Å². The first-order valence-electron chi connectivity index (χ1n) is 5.67. The molecule has 2 N–H and O–H groups in total. The fraction of sp³-hybridized carbons (Fsp3) is 0.167. The van der Waals surface area contributed by atoms with Gasteiger partial charge < -0.3 is 9.52 Å². The maximum Gasteiger partial charge on any atom is 0.304 e. The maximum atomic E-state index is 11.6. The number of anilines is 1. The quantitative estimate of drug-likeness (QED) is 0.837. The lowest BCUT2D eigenvalue weighted by molar-refractivity contribution is -0.136. The van der Waals surface area contributed by atoms with Crippen molar-refractivity contribution in [3.8, 4) is 11.3 Å². The minimum absolute atomic E-state index is 0.360. The predicted octanol–water partition coefficient (Wildman–Crippen LogP) is 1.56. The molecule has 0 spiro atoms. The van der Waals surface area contributed by atoms with Crippen molar-refractivity contribution in [3.63, 3.8) is 0 Å². The second-order valence-corrected chi connectivity index (χ2v) is 5.85. The average Bonchev–Trinajstić information content (AvgIpc) is 2.91. The van der Waals surface area contributed by atoms with Crippen molar-refractivity contribution in [2.75, 3.05) is 10.5 Å². The Morgan fingerprint density at radius 1 is 1.30 bits per heavy atom. The number of aromatic nitrogens is 1. The number of carboxylic acid groups (broad SMARTS) is 1. The van der Waals surface area contributed by atoms with E-state index in [1.165, 1.54) is 6.39 Å². The molecular weight excluding hydrogens is 284 g/mol. The number of aliphatic carboxylic acids is 1. The molecule has 0 unspecified atom stereocenters. The second-order valence-electron chi connectivity index (χ2n) is 4.01. The van der Waals surface area contributed by atoms with E-state index in [2.05, 4.69) is 9.71 Å². The first-order chi connectivity index (χ1) is 9.46. The van der Waals surface area contributed by atoms with Crippen LogP contribution in [0.4, 0.5) is 5.69 Å². The number of hydrogen-bond donors (Lipinski definition) is 2. The third kappa shape index (κ3) is 3.82. The van der Waals surface area contributed by atoms with Crippen LogP contribution >= 0.6 is 0 Å². The number of nitrogens with zero attached hydrogens (tertiary/aromatic N) is 1. The van der Waals surface area contributed by atoms with E-state index in [0.29, 0.717) is 11.4 Å². The topological polar surface area (TPSA) is 110 Å². The molecular formula is C12H12N2O5S. The van der Waals surface area contributed by atoms with Crippen molar-refractivity contribution in [1.29, 1.82) is 0 Å². The summed E-state index contributed by atoms with van der Waals surface area (Å²) in [4.78, 5) is 14.2. The minimum Gasteiger partial charge on any atom is -0.481 e. The Balaban J connectivity index is 2.05. The minimum atomic E-state index is -3.66. The standard InChI is InChI=1S/C12H12N2O5S/c15-12(16)5-6-20(17,18)14-10-3-1-9(2-4-10)11-7-13-8-19-11/h1-4,7-8,14H,5-6H2,(H,15,16). The van der Waals surface area contributed by atoms with Gasteiger partial charge in [0.15, 0.2) is 12.2 Å². The zero-order valence-electron chi connectivity index (χ0n) is 10.3. The average molecular weight is 296 g/mol. The smallest absolute Gasteiger partial charge is 0.304 e. The van der Waals surface area contributed by atoms with Crippen LogP contribution in [0.3, 0.4) is 0 Å². The second kappa shape index (κ2) is 5.74. The molecule has 0 saturated heterocycles. The van der Waals surface area contributed by atoms with Crippen molar-refractivity contribution in [2.45, 2.75) is 6.42 Å². The summed E-state index contributed by atoms with van der Waals surface area (Å²) in [7, 11) is -3.66. The van der Waals surface area contributed by atoms with Crippen molar-refractivity contribution >= 4 is 21.7 Å². The van der Waals surface area contributed by atoms with Crippen LogP contribution < -0.4 is 4.72 Å². The number of oxazole rings is 1. The highest BCUT2D eigenvalue weighted by atomic mass is 32.2. The van der Waals surface area contributed by atoms with Gasteiger partial charge in [0.1, 0.15) is 0 Å². The third-order valence-electron chi connectivity index (χ3n) is 2.46. The molecule has 0 atom stereocenters. The number of rotatable bonds is 6. The van der Waals surface area contributed by atoms with Crippen molar-refractivity contribution in [1.82, 2.24) is 4.98 Å². The maximum absolute atomic E-state index is 11.6. The van der Waals surface area contributed by atoms with Gasteiger partial charge >= 0.3 is 5.97 Å². The molecule has 8 heteroatoms. The lowest BCUT2D eigenvalue weighted by Gasteiger charge is -2.07. The molecule has 0 radical (unpaired) electrons. The molecule has 0 fully saturated rings. The SMILES string of the molecule is O=C(O)CCS(=O)(=O)Nc1ccc(-c2cnco2)cc1. The number of carboxylic acids is 1. The van der Waals surface area contributed by atoms with Gasteiger partial charge in [-0.2, -0.15) is 0 Å². The van der Waals surface area contributed by atoms with Crippen molar-refractivity contribution in [3.05, 3.63) is 36.9 Å². The highest BCUT2D eigenvalue weighted by Crippen LogP contribution is 2.21. The lowest BCUT2D eigenvalue weighted by atomic mass is 10.2. The Hall–Kier alpha value is -2.35. The summed E-state index contributed by atoms with van der Waals surface area (Å²) in [5.74, 6) is -1.05. The fourth-order valence-electron chi connectivity index (χ4n) is 1.51. The van der Waals surface area contributed by atoms with Gasteiger partial charge in [-0.1, -0.05) is 0 Å². The molecule has 7 nitrogen and oxygen atoms in total. The summed E-state index contributed by atoms with van der Waals surface area (Å²) in [6, 6.07) is 6.48. The summed E-state index contributed by atoms with van der Waals surface area (Å²) in [6.07, 6.45) is 2.41. The molecule has 20 heavy (non-hydrogen) atoms. The molecule has 1 aromatic carbocycles. The van der Waals surface area contributed by atoms with Crippen LogP contribution in [0.5, 0.6) is 0 Å². The van der Waals surface area contributed by atoms with E-state index in [4.69, 9.17) is 9.52 Å². The summed E-state index contributed by atoms with van der Waals surface area (Å²) >= 11 is 0. The van der Waals surface area contributed by atoms with Crippen molar-refractivity contribution in [2.24, 2.45) is 0 Å². The predicted molar refractivity (Wildman–Crippen MR) is 71.6 cm³/mol. The van der Waals surface area contributed by atoms with E-state index in [0.717, 1.165) is 5.56 Å². The molecule has 2 aromatic rings. The van der Waals surface area contributed by atoms with Gasteiger partial charge in [0.2, 0.25) is 10.0 Å². The zero-order valence-corrected chi connectivity index (χ0v) is 11.1. The number of carbonyl (C=O) groups is 1. The monoisotopic (exact) mass is 296 g/mol. The van der Waals surface area contributed by atoms with Crippen LogP contribution in [0.1, 0.15) is 6.42 Å². The van der Waals surface area contributed by atoms with Gasteiger partial charge in [0.05, 0.1) is 18.4 Å². The van der Waals surface area contributed by atoms with Crippen LogP contribution in [0, 0.1) is 0 Å². The molecule has 0 amide bonds. The third-order valence-corrected chi connectivity index (χ3v) is 3.75. The Bertz CT molecular complexity index is 677. The molecule has 0 saturated carbocycles. The summed E-state index contributed by atoms with van der Waals surface area (Å²) in [5.41, 5.74) is 1.12. The normalized spacial score (nSPS) is 11.2. The zero-order chi connectivity index (χ0) is 14.6. The van der Waals surface area contributed by atoms with Crippen LogP contribution in [0.2, 0.25) is 0 Å². The number of hydrogen-bond acceptors (Lipinski definition) is 5. The van der Waals surface area contributed by atoms with E-state index < -0.39 is 28.2 Å². The van der Waals surface area contributed by atoms with Crippen LogP contribution in [0.15, 0.2) is 41.3 Å². The molecule has 0 bridgehead atoms. The Morgan fingerprint density at radius 3 is 2.55 bits per heavy atom.